The third kappa shape index (κ3) is 2.88. The molecule has 0 aliphatic rings. The zero-order valence-electron chi connectivity index (χ0n) is 11.6. The number of anilines is 2. The van der Waals surface area contributed by atoms with Crippen LogP contribution in [0, 0.1) is 6.92 Å². The Morgan fingerprint density at radius 3 is 2.45 bits per heavy atom. The minimum absolute atomic E-state index is 0.230. The second-order valence-corrected chi connectivity index (χ2v) is 4.42. The van der Waals surface area contributed by atoms with Crippen LogP contribution in [-0.2, 0) is 0 Å². The van der Waals surface area contributed by atoms with E-state index in [-0.39, 0.29) is 5.56 Å². The number of benzene rings is 1. The zero-order chi connectivity index (χ0) is 14.7. The van der Waals surface area contributed by atoms with Gasteiger partial charge in [-0.3, -0.25) is 0 Å². The molecule has 0 atom stereocenters. The molecule has 1 N–H and O–H groups in total. The van der Waals surface area contributed by atoms with Crippen LogP contribution in [-0.4, -0.2) is 30.2 Å². The lowest BCUT2D eigenvalue weighted by Crippen LogP contribution is -2.13. The van der Waals surface area contributed by atoms with Crippen molar-refractivity contribution >= 4 is 17.5 Å². The number of aromatic carboxylic acids is 1. The molecule has 5 nitrogen and oxygen atoms in total. The highest BCUT2D eigenvalue weighted by Gasteiger charge is 2.11. The van der Waals surface area contributed by atoms with Gasteiger partial charge >= 0.3 is 5.97 Å². The molecule has 0 aliphatic carbocycles. The van der Waals surface area contributed by atoms with Crippen molar-refractivity contribution in [2.75, 3.05) is 19.1 Å². The van der Waals surface area contributed by atoms with Crippen molar-refractivity contribution in [2.45, 2.75) is 6.92 Å². The number of carboxylic acids is 1. The average molecular weight is 272 g/mol. The average Bonchev–Trinajstić information content (AvgIpc) is 2.46. The Labute approximate surface area is 117 Å². The maximum absolute atomic E-state index is 11.1. The van der Waals surface area contributed by atoms with Crippen LogP contribution in [0.1, 0.15) is 16.1 Å². The van der Waals surface area contributed by atoms with Gasteiger partial charge in [-0.15, -0.1) is 0 Å². The lowest BCUT2D eigenvalue weighted by molar-refractivity contribution is 0.0696. The number of ether oxygens (including phenoxy) is 1. The van der Waals surface area contributed by atoms with Crippen LogP contribution in [0.25, 0.3) is 0 Å². The molecule has 0 saturated heterocycles. The Bertz CT molecular complexity index is 624. The fraction of sp³-hybridized carbons (Fsp3) is 0.200. The number of aromatic nitrogens is 1. The molecule has 1 heterocycles. The number of rotatable bonds is 4. The number of methoxy groups -OCH3 is 1. The highest BCUT2D eigenvalue weighted by atomic mass is 16.5. The molecule has 20 heavy (non-hydrogen) atoms. The van der Waals surface area contributed by atoms with E-state index >= 15 is 0 Å². The Hall–Kier alpha value is -2.56. The molecule has 2 aromatic rings. The maximum atomic E-state index is 11.1. The monoisotopic (exact) mass is 272 g/mol. The lowest BCUT2D eigenvalue weighted by Gasteiger charge is -2.19. The Morgan fingerprint density at radius 2 is 1.90 bits per heavy atom. The Kier molecular flexibility index (Phi) is 3.89. The van der Waals surface area contributed by atoms with Crippen molar-refractivity contribution in [1.29, 1.82) is 0 Å². The first-order valence-corrected chi connectivity index (χ1v) is 6.11. The van der Waals surface area contributed by atoms with Crippen molar-refractivity contribution < 1.29 is 14.6 Å². The molecule has 0 radical (unpaired) electrons. The lowest BCUT2D eigenvalue weighted by atomic mass is 10.2. The van der Waals surface area contributed by atoms with Crippen molar-refractivity contribution in [3.63, 3.8) is 0 Å². The van der Waals surface area contributed by atoms with Crippen molar-refractivity contribution in [1.82, 2.24) is 4.98 Å². The standard InChI is InChI=1S/C15H16N2O3/c1-10-8-11(15(18)19)9-14(16-10)17(2)12-4-6-13(20-3)7-5-12/h4-9H,1-3H3,(H,18,19). The van der Waals surface area contributed by atoms with Crippen molar-refractivity contribution in [2.24, 2.45) is 0 Å². The molecule has 0 aliphatic heterocycles. The second kappa shape index (κ2) is 5.61. The third-order valence-electron chi connectivity index (χ3n) is 2.99. The molecule has 5 heteroatoms. The highest BCUT2D eigenvalue weighted by molar-refractivity contribution is 5.89. The van der Waals surface area contributed by atoms with E-state index in [0.717, 1.165) is 11.4 Å². The summed E-state index contributed by atoms with van der Waals surface area (Å²) in [6.07, 6.45) is 0. The van der Waals surface area contributed by atoms with E-state index in [2.05, 4.69) is 4.98 Å². The van der Waals surface area contributed by atoms with Gasteiger partial charge in [0.15, 0.2) is 0 Å². The largest absolute Gasteiger partial charge is 0.497 e. The molecule has 2 rings (SSSR count). The number of hydrogen-bond acceptors (Lipinski definition) is 4. The molecule has 104 valence electrons. The summed E-state index contributed by atoms with van der Waals surface area (Å²) in [5, 5.41) is 9.09. The number of hydrogen-bond donors (Lipinski definition) is 1. The van der Waals surface area contributed by atoms with Gasteiger partial charge in [-0.1, -0.05) is 0 Å². The first-order chi connectivity index (χ1) is 9.51. The van der Waals surface area contributed by atoms with Gasteiger partial charge in [0.05, 0.1) is 12.7 Å². The van der Waals surface area contributed by atoms with Crippen LogP contribution < -0.4 is 9.64 Å². The van der Waals surface area contributed by atoms with Crippen LogP contribution in [0.2, 0.25) is 0 Å². The van der Waals surface area contributed by atoms with Gasteiger partial charge in [0, 0.05) is 18.4 Å². The van der Waals surface area contributed by atoms with Crippen LogP contribution in [0.3, 0.4) is 0 Å². The molecule has 0 amide bonds. The van der Waals surface area contributed by atoms with E-state index in [1.165, 1.54) is 0 Å². The topological polar surface area (TPSA) is 62.7 Å². The predicted molar refractivity (Wildman–Crippen MR) is 77.0 cm³/mol. The van der Waals surface area contributed by atoms with E-state index in [9.17, 15) is 4.79 Å². The van der Waals surface area contributed by atoms with Gasteiger partial charge in [0.1, 0.15) is 11.6 Å². The summed E-state index contributed by atoms with van der Waals surface area (Å²) in [6, 6.07) is 10.6. The molecular formula is C15H16N2O3. The minimum Gasteiger partial charge on any atom is -0.497 e. The summed E-state index contributed by atoms with van der Waals surface area (Å²) >= 11 is 0. The quantitative estimate of drug-likeness (QED) is 0.927. The summed E-state index contributed by atoms with van der Waals surface area (Å²) in [6.45, 7) is 1.78. The van der Waals surface area contributed by atoms with E-state index in [1.807, 2.05) is 36.2 Å². The van der Waals surface area contributed by atoms with Gasteiger partial charge < -0.3 is 14.7 Å². The Morgan fingerprint density at radius 1 is 1.25 bits per heavy atom. The molecular weight excluding hydrogens is 256 g/mol. The van der Waals surface area contributed by atoms with E-state index in [4.69, 9.17) is 9.84 Å². The van der Waals surface area contributed by atoms with Crippen LogP contribution in [0.15, 0.2) is 36.4 Å². The molecule has 1 aromatic carbocycles. The van der Waals surface area contributed by atoms with Gasteiger partial charge in [0.25, 0.3) is 0 Å². The molecule has 0 spiro atoms. The number of carboxylic acid groups (broad SMARTS) is 1. The number of aryl methyl sites for hydroxylation is 1. The normalized spacial score (nSPS) is 10.2. The molecule has 0 unspecified atom stereocenters. The van der Waals surface area contributed by atoms with Gasteiger partial charge in [-0.05, 0) is 43.3 Å². The second-order valence-electron chi connectivity index (χ2n) is 4.42. The summed E-state index contributed by atoms with van der Waals surface area (Å²) in [4.78, 5) is 17.3. The fourth-order valence-electron chi connectivity index (χ4n) is 1.88. The smallest absolute Gasteiger partial charge is 0.335 e. The summed E-state index contributed by atoms with van der Waals surface area (Å²) in [7, 11) is 3.45. The van der Waals surface area contributed by atoms with Crippen molar-refractivity contribution in [3.05, 3.63) is 47.7 Å². The van der Waals surface area contributed by atoms with Gasteiger partial charge in [-0.2, -0.15) is 0 Å². The number of pyridine rings is 1. The molecule has 1 aromatic heterocycles. The predicted octanol–water partition coefficient (Wildman–Crippen LogP) is 2.86. The number of carbonyl (C=O) groups is 1. The fourth-order valence-corrected chi connectivity index (χ4v) is 1.88. The van der Waals surface area contributed by atoms with Gasteiger partial charge in [-0.25, -0.2) is 9.78 Å². The summed E-state index contributed by atoms with van der Waals surface area (Å²) in [5.74, 6) is 0.401. The summed E-state index contributed by atoms with van der Waals surface area (Å²) in [5.41, 5.74) is 1.80. The van der Waals surface area contributed by atoms with E-state index < -0.39 is 5.97 Å². The van der Waals surface area contributed by atoms with Crippen LogP contribution >= 0.6 is 0 Å². The first kappa shape index (κ1) is 13.9. The minimum atomic E-state index is -0.958. The first-order valence-electron chi connectivity index (χ1n) is 6.11. The van der Waals surface area contributed by atoms with Crippen LogP contribution in [0.5, 0.6) is 5.75 Å². The molecule has 0 fully saturated rings. The molecule has 0 saturated carbocycles. The number of nitrogens with zero attached hydrogens (tertiary/aromatic N) is 2. The van der Waals surface area contributed by atoms with Gasteiger partial charge in [0.2, 0.25) is 0 Å². The van der Waals surface area contributed by atoms with Crippen molar-refractivity contribution in [3.8, 4) is 5.75 Å². The molecule has 0 bridgehead atoms. The Balaban J connectivity index is 2.36. The third-order valence-corrected chi connectivity index (χ3v) is 2.99. The van der Waals surface area contributed by atoms with E-state index in [1.54, 1.807) is 26.2 Å². The highest BCUT2D eigenvalue weighted by Crippen LogP contribution is 2.25. The maximum Gasteiger partial charge on any atom is 0.335 e. The zero-order valence-corrected chi connectivity index (χ0v) is 11.6. The van der Waals surface area contributed by atoms with Crippen LogP contribution in [0.4, 0.5) is 11.5 Å². The SMILES string of the molecule is COc1ccc(N(C)c2cc(C(=O)O)cc(C)n2)cc1. The summed E-state index contributed by atoms with van der Waals surface area (Å²) < 4.78 is 5.11. The van der Waals surface area contributed by atoms with E-state index in [0.29, 0.717) is 11.5 Å².